The molecule has 4 heteroatoms. The highest BCUT2D eigenvalue weighted by molar-refractivity contribution is 5.30. The van der Waals surface area contributed by atoms with E-state index in [9.17, 15) is 5.11 Å². The molecule has 0 saturated carbocycles. The van der Waals surface area contributed by atoms with E-state index in [2.05, 4.69) is 4.98 Å². The van der Waals surface area contributed by atoms with E-state index >= 15 is 0 Å². The van der Waals surface area contributed by atoms with E-state index in [0.717, 1.165) is 0 Å². The molecule has 0 radical (unpaired) electrons. The molecule has 1 atom stereocenters. The van der Waals surface area contributed by atoms with Crippen molar-refractivity contribution in [3.63, 3.8) is 0 Å². The van der Waals surface area contributed by atoms with Crippen molar-refractivity contribution in [3.05, 3.63) is 24.0 Å². The van der Waals surface area contributed by atoms with Gasteiger partial charge in [0.25, 0.3) is 0 Å². The van der Waals surface area contributed by atoms with Crippen molar-refractivity contribution < 1.29 is 14.6 Å². The lowest BCUT2D eigenvalue weighted by Crippen LogP contribution is -2.37. The molecule has 0 spiro atoms. The Balaban J connectivity index is 3.13. The minimum atomic E-state index is -0.793. The molecular formula is C13H21NO3. The molecule has 1 aromatic heterocycles. The highest BCUT2D eigenvalue weighted by Gasteiger charge is 2.38. The standard InChI is InChI=1S/C13H21NO3/c1-5-13(6-2,17-4)12(15)11-10(16-3)8-7-9-14-11/h7-9,12,15H,5-6H2,1-4H3. The molecular weight excluding hydrogens is 218 g/mol. The third-order valence-corrected chi connectivity index (χ3v) is 3.38. The molecule has 17 heavy (non-hydrogen) atoms. The van der Waals surface area contributed by atoms with Crippen LogP contribution < -0.4 is 4.74 Å². The first-order chi connectivity index (χ1) is 8.15. The van der Waals surface area contributed by atoms with Crippen LogP contribution in [0.5, 0.6) is 5.75 Å². The Morgan fingerprint density at radius 3 is 2.47 bits per heavy atom. The zero-order chi connectivity index (χ0) is 12.9. The average molecular weight is 239 g/mol. The predicted molar refractivity (Wildman–Crippen MR) is 66.1 cm³/mol. The molecule has 4 nitrogen and oxygen atoms in total. The first-order valence-electron chi connectivity index (χ1n) is 5.87. The first kappa shape index (κ1) is 13.9. The van der Waals surface area contributed by atoms with Crippen LogP contribution in [0.3, 0.4) is 0 Å². The highest BCUT2D eigenvalue weighted by atomic mass is 16.5. The lowest BCUT2D eigenvalue weighted by atomic mass is 9.88. The number of rotatable bonds is 6. The zero-order valence-electron chi connectivity index (χ0n) is 10.9. The molecule has 1 N–H and O–H groups in total. The van der Waals surface area contributed by atoms with Crippen LogP contribution in [0.4, 0.5) is 0 Å². The van der Waals surface area contributed by atoms with Crippen LogP contribution in [-0.2, 0) is 4.74 Å². The van der Waals surface area contributed by atoms with Crippen molar-refractivity contribution in [2.75, 3.05) is 14.2 Å². The van der Waals surface area contributed by atoms with Crippen LogP contribution >= 0.6 is 0 Å². The minimum absolute atomic E-state index is 0.528. The number of aliphatic hydroxyl groups is 1. The normalized spacial score (nSPS) is 13.5. The Morgan fingerprint density at radius 1 is 1.35 bits per heavy atom. The van der Waals surface area contributed by atoms with Gasteiger partial charge in [-0.15, -0.1) is 0 Å². The zero-order valence-corrected chi connectivity index (χ0v) is 10.9. The summed E-state index contributed by atoms with van der Waals surface area (Å²) in [6.45, 7) is 3.98. The van der Waals surface area contributed by atoms with Crippen LogP contribution in [0.15, 0.2) is 18.3 Å². The smallest absolute Gasteiger partial charge is 0.143 e. The van der Waals surface area contributed by atoms with Gasteiger partial charge >= 0.3 is 0 Å². The van der Waals surface area contributed by atoms with E-state index in [1.54, 1.807) is 32.5 Å². The van der Waals surface area contributed by atoms with Gasteiger partial charge < -0.3 is 14.6 Å². The average Bonchev–Trinajstić information content (AvgIpc) is 2.41. The van der Waals surface area contributed by atoms with Gasteiger partial charge in [-0.2, -0.15) is 0 Å². The van der Waals surface area contributed by atoms with E-state index in [4.69, 9.17) is 9.47 Å². The number of aromatic nitrogens is 1. The Labute approximate surface area is 103 Å². The number of hydrogen-bond donors (Lipinski definition) is 1. The second-order valence-electron chi connectivity index (χ2n) is 3.97. The van der Waals surface area contributed by atoms with Gasteiger partial charge in [-0.3, -0.25) is 4.98 Å². The lowest BCUT2D eigenvalue weighted by molar-refractivity contribution is -0.112. The van der Waals surface area contributed by atoms with Crippen LogP contribution in [0.2, 0.25) is 0 Å². The van der Waals surface area contributed by atoms with Gasteiger partial charge in [0.1, 0.15) is 17.5 Å². The summed E-state index contributed by atoms with van der Waals surface area (Å²) in [5, 5.41) is 10.5. The van der Waals surface area contributed by atoms with Gasteiger partial charge in [0.05, 0.1) is 12.7 Å². The molecule has 0 aromatic carbocycles. The van der Waals surface area contributed by atoms with Gasteiger partial charge in [0.2, 0.25) is 0 Å². The van der Waals surface area contributed by atoms with Crippen LogP contribution in [0.25, 0.3) is 0 Å². The van der Waals surface area contributed by atoms with Crippen molar-refractivity contribution in [1.82, 2.24) is 4.98 Å². The summed E-state index contributed by atoms with van der Waals surface area (Å²) >= 11 is 0. The maximum absolute atomic E-state index is 10.5. The Morgan fingerprint density at radius 2 is 2.00 bits per heavy atom. The van der Waals surface area contributed by atoms with Crippen molar-refractivity contribution in [2.24, 2.45) is 0 Å². The molecule has 0 amide bonds. The SMILES string of the molecule is CCC(CC)(OC)C(O)c1ncccc1OC. The van der Waals surface area contributed by atoms with Gasteiger partial charge in [-0.05, 0) is 25.0 Å². The number of methoxy groups -OCH3 is 2. The van der Waals surface area contributed by atoms with Crippen molar-refractivity contribution in [2.45, 2.75) is 38.4 Å². The fourth-order valence-electron chi connectivity index (χ4n) is 2.07. The quantitative estimate of drug-likeness (QED) is 0.827. The van der Waals surface area contributed by atoms with E-state index in [1.165, 1.54) is 0 Å². The third-order valence-electron chi connectivity index (χ3n) is 3.38. The largest absolute Gasteiger partial charge is 0.495 e. The maximum Gasteiger partial charge on any atom is 0.143 e. The molecule has 0 aliphatic heterocycles. The number of ether oxygens (including phenoxy) is 2. The molecule has 1 rings (SSSR count). The summed E-state index contributed by atoms with van der Waals surface area (Å²) in [7, 11) is 3.19. The number of pyridine rings is 1. The first-order valence-corrected chi connectivity index (χ1v) is 5.87. The Kier molecular flexibility index (Phi) is 4.90. The third kappa shape index (κ3) is 2.58. The summed E-state index contributed by atoms with van der Waals surface area (Å²) in [4.78, 5) is 4.20. The monoisotopic (exact) mass is 239 g/mol. The van der Waals surface area contributed by atoms with Gasteiger partial charge in [-0.1, -0.05) is 13.8 Å². The number of hydrogen-bond acceptors (Lipinski definition) is 4. The highest BCUT2D eigenvalue weighted by Crippen LogP contribution is 2.37. The van der Waals surface area contributed by atoms with Crippen molar-refractivity contribution >= 4 is 0 Å². The van der Waals surface area contributed by atoms with Crippen LogP contribution in [0, 0.1) is 0 Å². The van der Waals surface area contributed by atoms with E-state index in [-0.39, 0.29) is 0 Å². The maximum atomic E-state index is 10.5. The second-order valence-corrected chi connectivity index (χ2v) is 3.97. The second kappa shape index (κ2) is 5.98. The lowest BCUT2D eigenvalue weighted by Gasteiger charge is -2.35. The van der Waals surface area contributed by atoms with Gasteiger partial charge in [0, 0.05) is 13.3 Å². The number of aliphatic hydroxyl groups excluding tert-OH is 1. The molecule has 1 heterocycles. The fraction of sp³-hybridized carbons (Fsp3) is 0.615. The van der Waals surface area contributed by atoms with E-state index in [1.807, 2.05) is 13.8 Å². The summed E-state index contributed by atoms with van der Waals surface area (Å²) in [6, 6.07) is 3.57. The van der Waals surface area contributed by atoms with Gasteiger partial charge in [-0.25, -0.2) is 0 Å². The fourth-order valence-corrected chi connectivity index (χ4v) is 2.07. The summed E-state index contributed by atoms with van der Waals surface area (Å²) in [5.41, 5.74) is -0.0812. The molecule has 0 aliphatic rings. The van der Waals surface area contributed by atoms with Gasteiger partial charge in [0.15, 0.2) is 0 Å². The van der Waals surface area contributed by atoms with E-state index in [0.29, 0.717) is 24.3 Å². The summed E-state index contributed by atoms with van der Waals surface area (Å²) in [5.74, 6) is 0.586. The summed E-state index contributed by atoms with van der Waals surface area (Å²) in [6.07, 6.45) is 2.27. The molecule has 0 saturated heterocycles. The van der Waals surface area contributed by atoms with Crippen molar-refractivity contribution in [1.29, 1.82) is 0 Å². The van der Waals surface area contributed by atoms with E-state index < -0.39 is 11.7 Å². The Bertz CT molecular complexity index is 342. The molecule has 0 bridgehead atoms. The molecule has 1 unspecified atom stereocenters. The summed E-state index contributed by atoms with van der Waals surface area (Å²) < 4.78 is 10.7. The predicted octanol–water partition coefficient (Wildman–Crippen LogP) is 2.33. The topological polar surface area (TPSA) is 51.6 Å². The molecule has 1 aromatic rings. The van der Waals surface area contributed by atoms with Crippen LogP contribution in [0.1, 0.15) is 38.5 Å². The molecule has 96 valence electrons. The number of nitrogens with zero attached hydrogens (tertiary/aromatic N) is 1. The van der Waals surface area contributed by atoms with Crippen molar-refractivity contribution in [3.8, 4) is 5.75 Å². The minimum Gasteiger partial charge on any atom is -0.495 e. The molecule has 0 fully saturated rings. The molecule has 0 aliphatic carbocycles. The van der Waals surface area contributed by atoms with Crippen LogP contribution in [-0.4, -0.2) is 29.9 Å². The Hall–Kier alpha value is -1.13.